The van der Waals surface area contributed by atoms with Crippen LogP contribution in [-0.2, 0) is 6.54 Å². The molecule has 0 spiro atoms. The van der Waals surface area contributed by atoms with E-state index in [0.29, 0.717) is 0 Å². The number of ether oxygens (including phenoxy) is 1. The molecule has 1 saturated carbocycles. The molecule has 1 aliphatic heterocycles. The fourth-order valence-corrected chi connectivity index (χ4v) is 3.33. The van der Waals surface area contributed by atoms with Gasteiger partial charge >= 0.3 is 0 Å². The number of hydrogen-bond acceptors (Lipinski definition) is 3. The fourth-order valence-electron chi connectivity index (χ4n) is 3.33. The van der Waals surface area contributed by atoms with Crippen LogP contribution in [0.1, 0.15) is 24.8 Å². The van der Waals surface area contributed by atoms with Crippen LogP contribution in [0.2, 0.25) is 0 Å². The van der Waals surface area contributed by atoms with Crippen molar-refractivity contribution in [2.45, 2.75) is 31.8 Å². The van der Waals surface area contributed by atoms with Crippen molar-refractivity contribution in [1.82, 2.24) is 4.90 Å². The summed E-state index contributed by atoms with van der Waals surface area (Å²) in [7, 11) is 1.72. The average Bonchev–Trinajstić information content (AvgIpc) is 2.93. The van der Waals surface area contributed by atoms with Gasteiger partial charge in [0.2, 0.25) is 0 Å². The highest BCUT2D eigenvalue weighted by molar-refractivity contribution is 5.48. The Kier molecular flexibility index (Phi) is 2.71. The van der Waals surface area contributed by atoms with Gasteiger partial charge < -0.3 is 10.5 Å². The van der Waals surface area contributed by atoms with E-state index in [9.17, 15) is 0 Å². The lowest BCUT2D eigenvalue weighted by molar-refractivity contribution is 0.203. The highest BCUT2D eigenvalue weighted by Crippen LogP contribution is 2.38. The fraction of sp³-hybridized carbons (Fsp3) is 0.571. The molecule has 92 valence electrons. The highest BCUT2D eigenvalue weighted by Gasteiger charge is 2.37. The minimum atomic E-state index is 0.772. The quantitative estimate of drug-likeness (QED) is 0.812. The molecule has 2 unspecified atom stereocenters. The maximum absolute atomic E-state index is 5.78. The molecule has 3 heteroatoms. The summed E-state index contributed by atoms with van der Waals surface area (Å²) < 4.78 is 5.41. The first-order valence-corrected chi connectivity index (χ1v) is 6.42. The minimum absolute atomic E-state index is 0.772. The smallest absolute Gasteiger partial charge is 0.125 e. The molecule has 2 fully saturated rings. The maximum atomic E-state index is 5.78. The molecule has 1 aromatic rings. The number of benzene rings is 1. The van der Waals surface area contributed by atoms with Crippen molar-refractivity contribution in [2.24, 2.45) is 5.92 Å². The summed E-state index contributed by atoms with van der Waals surface area (Å²) in [5.41, 5.74) is 7.81. The van der Waals surface area contributed by atoms with Crippen molar-refractivity contribution < 1.29 is 4.74 Å². The summed E-state index contributed by atoms with van der Waals surface area (Å²) in [4.78, 5) is 2.60. The number of nitrogens with two attached hydrogens (primary N) is 1. The first-order chi connectivity index (χ1) is 8.26. The Bertz CT molecular complexity index is 419. The molecule has 2 bridgehead atoms. The number of nitrogen functional groups attached to an aromatic ring is 1. The number of methoxy groups -OCH3 is 1. The molecule has 0 amide bonds. The van der Waals surface area contributed by atoms with Crippen LogP contribution >= 0.6 is 0 Å². The van der Waals surface area contributed by atoms with E-state index in [1.54, 1.807) is 7.11 Å². The number of likely N-dealkylation sites (tertiary alicyclic amines) is 1. The topological polar surface area (TPSA) is 38.5 Å². The van der Waals surface area contributed by atoms with E-state index in [4.69, 9.17) is 10.5 Å². The van der Waals surface area contributed by atoms with E-state index in [2.05, 4.69) is 11.0 Å². The molecule has 0 radical (unpaired) electrons. The minimum Gasteiger partial charge on any atom is -0.496 e. The van der Waals surface area contributed by atoms with E-state index in [1.165, 1.54) is 31.4 Å². The van der Waals surface area contributed by atoms with Gasteiger partial charge in [-0.25, -0.2) is 0 Å². The predicted octanol–water partition coefficient (Wildman–Crippen LogP) is 2.26. The van der Waals surface area contributed by atoms with Crippen molar-refractivity contribution in [3.05, 3.63) is 23.8 Å². The first-order valence-electron chi connectivity index (χ1n) is 6.42. The van der Waals surface area contributed by atoms with E-state index in [0.717, 1.165) is 29.9 Å². The Balaban J connectivity index is 1.76. The van der Waals surface area contributed by atoms with Gasteiger partial charge in [0, 0.05) is 36.4 Å². The summed E-state index contributed by atoms with van der Waals surface area (Å²) in [5, 5.41) is 0. The summed E-state index contributed by atoms with van der Waals surface area (Å²) in [6.07, 6.45) is 4.21. The monoisotopic (exact) mass is 232 g/mol. The standard InChI is InChI=1S/C14H20N2O/c1-17-14-7-12(15)4-3-11(14)9-16-8-10-2-5-13(16)6-10/h3-4,7,10,13H,2,5-6,8-9,15H2,1H3. The van der Waals surface area contributed by atoms with E-state index in [-0.39, 0.29) is 0 Å². The molecule has 0 aromatic heterocycles. The number of anilines is 1. The number of fused-ring (bicyclic) bond motifs is 2. The number of nitrogens with zero attached hydrogens (tertiary/aromatic N) is 1. The van der Waals surface area contributed by atoms with Crippen molar-refractivity contribution in [3.8, 4) is 5.75 Å². The zero-order valence-corrected chi connectivity index (χ0v) is 10.4. The van der Waals surface area contributed by atoms with Gasteiger partial charge in [-0.15, -0.1) is 0 Å². The lowest BCUT2D eigenvalue weighted by atomic mass is 10.1. The van der Waals surface area contributed by atoms with Gasteiger partial charge in [0.15, 0.2) is 0 Å². The Labute approximate surface area is 103 Å². The molecule has 2 N–H and O–H groups in total. The molecule has 2 aliphatic rings. The van der Waals surface area contributed by atoms with Crippen molar-refractivity contribution in [2.75, 3.05) is 19.4 Å². The van der Waals surface area contributed by atoms with Crippen molar-refractivity contribution in [1.29, 1.82) is 0 Å². The maximum Gasteiger partial charge on any atom is 0.125 e. The Morgan fingerprint density at radius 1 is 1.41 bits per heavy atom. The van der Waals surface area contributed by atoms with Gasteiger partial charge in [-0.05, 0) is 31.2 Å². The largest absolute Gasteiger partial charge is 0.496 e. The third-order valence-corrected chi connectivity index (χ3v) is 4.21. The van der Waals surface area contributed by atoms with Crippen LogP contribution in [0.15, 0.2) is 18.2 Å². The molecule has 2 atom stereocenters. The molecule has 1 saturated heterocycles. The summed E-state index contributed by atoms with van der Waals surface area (Å²) in [6.45, 7) is 2.27. The molecule has 3 nitrogen and oxygen atoms in total. The Morgan fingerprint density at radius 2 is 2.29 bits per heavy atom. The lowest BCUT2D eigenvalue weighted by Gasteiger charge is -2.27. The highest BCUT2D eigenvalue weighted by atomic mass is 16.5. The molecular weight excluding hydrogens is 212 g/mol. The molecular formula is C14H20N2O. The zero-order valence-electron chi connectivity index (χ0n) is 10.4. The average molecular weight is 232 g/mol. The van der Waals surface area contributed by atoms with Crippen LogP contribution in [-0.4, -0.2) is 24.6 Å². The van der Waals surface area contributed by atoms with Crippen LogP contribution in [0, 0.1) is 5.92 Å². The normalized spacial score (nSPS) is 27.6. The second-order valence-electron chi connectivity index (χ2n) is 5.33. The van der Waals surface area contributed by atoms with Crippen LogP contribution in [0.25, 0.3) is 0 Å². The van der Waals surface area contributed by atoms with E-state index < -0.39 is 0 Å². The van der Waals surface area contributed by atoms with E-state index >= 15 is 0 Å². The van der Waals surface area contributed by atoms with Crippen LogP contribution in [0.4, 0.5) is 5.69 Å². The van der Waals surface area contributed by atoms with Gasteiger partial charge in [-0.1, -0.05) is 6.07 Å². The second-order valence-corrected chi connectivity index (χ2v) is 5.33. The lowest BCUT2D eigenvalue weighted by Crippen LogP contribution is -2.31. The molecule has 17 heavy (non-hydrogen) atoms. The molecule has 1 aliphatic carbocycles. The number of hydrogen-bond donors (Lipinski definition) is 1. The summed E-state index contributed by atoms with van der Waals surface area (Å²) in [6, 6.07) is 6.79. The molecule has 1 heterocycles. The second kappa shape index (κ2) is 4.22. The number of rotatable bonds is 3. The Hall–Kier alpha value is -1.22. The third-order valence-electron chi connectivity index (χ3n) is 4.21. The van der Waals surface area contributed by atoms with Gasteiger partial charge in [0.25, 0.3) is 0 Å². The van der Waals surface area contributed by atoms with Gasteiger partial charge in [0.1, 0.15) is 5.75 Å². The third kappa shape index (κ3) is 2.00. The van der Waals surface area contributed by atoms with Gasteiger partial charge in [-0.2, -0.15) is 0 Å². The SMILES string of the molecule is COc1cc(N)ccc1CN1CC2CCC1C2. The van der Waals surface area contributed by atoms with Crippen LogP contribution in [0.5, 0.6) is 5.75 Å². The Morgan fingerprint density at radius 3 is 2.94 bits per heavy atom. The van der Waals surface area contributed by atoms with Gasteiger partial charge in [-0.3, -0.25) is 4.90 Å². The van der Waals surface area contributed by atoms with E-state index in [1.807, 2.05) is 12.1 Å². The van der Waals surface area contributed by atoms with Crippen molar-refractivity contribution >= 4 is 5.69 Å². The predicted molar refractivity (Wildman–Crippen MR) is 68.9 cm³/mol. The summed E-state index contributed by atoms with van der Waals surface area (Å²) in [5.74, 6) is 1.87. The van der Waals surface area contributed by atoms with Gasteiger partial charge in [0.05, 0.1) is 7.11 Å². The van der Waals surface area contributed by atoms with Crippen molar-refractivity contribution in [3.63, 3.8) is 0 Å². The zero-order chi connectivity index (χ0) is 11.8. The van der Waals surface area contributed by atoms with Crippen LogP contribution < -0.4 is 10.5 Å². The summed E-state index contributed by atoms with van der Waals surface area (Å²) >= 11 is 0. The van der Waals surface area contributed by atoms with Crippen LogP contribution in [0.3, 0.4) is 0 Å². The first kappa shape index (κ1) is 10.9. The molecule has 1 aromatic carbocycles. The molecule has 3 rings (SSSR count). The number of piperidine rings is 1.